The largest absolute Gasteiger partial charge is 0.481 e. The minimum absolute atomic E-state index is 0.0824. The predicted molar refractivity (Wildman–Crippen MR) is 74.2 cm³/mol. The second kappa shape index (κ2) is 5.28. The first-order chi connectivity index (χ1) is 10.7. The fraction of sp³-hybridized carbons (Fsp3) is 0.600. The Hall–Kier alpha value is -1.99. The van der Waals surface area contributed by atoms with Gasteiger partial charge in [0.05, 0.1) is 7.11 Å². The van der Waals surface area contributed by atoms with E-state index in [9.17, 15) is 18.0 Å². The molecule has 1 spiro atoms. The normalized spacial score (nSPS) is 20.1. The van der Waals surface area contributed by atoms with Crippen LogP contribution in [0.2, 0.25) is 0 Å². The molecule has 1 aliphatic heterocycles. The molecule has 8 heteroatoms. The van der Waals surface area contributed by atoms with E-state index in [1.54, 1.807) is 0 Å². The number of nitrogens with zero attached hydrogens (tertiary/aromatic N) is 2. The van der Waals surface area contributed by atoms with Crippen molar-refractivity contribution in [1.29, 1.82) is 0 Å². The van der Waals surface area contributed by atoms with Crippen LogP contribution in [0.3, 0.4) is 0 Å². The molecule has 0 radical (unpaired) electrons. The van der Waals surface area contributed by atoms with Crippen molar-refractivity contribution < 1.29 is 27.8 Å². The zero-order chi connectivity index (χ0) is 16.8. The number of rotatable bonds is 3. The van der Waals surface area contributed by atoms with Gasteiger partial charge < -0.3 is 14.7 Å². The lowest BCUT2D eigenvalue weighted by molar-refractivity contribution is -0.139. The summed E-state index contributed by atoms with van der Waals surface area (Å²) in [4.78, 5) is 16.1. The minimum Gasteiger partial charge on any atom is -0.481 e. The van der Waals surface area contributed by atoms with Crippen molar-refractivity contribution in [2.45, 2.75) is 25.4 Å². The molecule has 2 aliphatic rings. The Labute approximate surface area is 131 Å². The number of ether oxygens (including phenoxy) is 1. The minimum atomic E-state index is -4.48. The van der Waals surface area contributed by atoms with Crippen molar-refractivity contribution in [2.75, 3.05) is 20.2 Å². The molecular weight excluding hydrogens is 313 g/mol. The van der Waals surface area contributed by atoms with Crippen LogP contribution in [0.4, 0.5) is 18.0 Å². The maximum atomic E-state index is 12.8. The van der Waals surface area contributed by atoms with Crippen LogP contribution in [0.5, 0.6) is 5.88 Å². The van der Waals surface area contributed by atoms with Gasteiger partial charge in [0, 0.05) is 24.2 Å². The van der Waals surface area contributed by atoms with Crippen LogP contribution < -0.4 is 4.74 Å². The summed E-state index contributed by atoms with van der Waals surface area (Å²) in [5, 5.41) is 8.85. The smallest absolute Gasteiger partial charge is 0.421 e. The first-order valence-electron chi connectivity index (χ1n) is 7.31. The van der Waals surface area contributed by atoms with E-state index in [0.717, 1.165) is 18.9 Å². The van der Waals surface area contributed by atoms with Gasteiger partial charge in [0.2, 0.25) is 5.88 Å². The second-order valence-electron chi connectivity index (χ2n) is 6.47. The third kappa shape index (κ3) is 2.94. The van der Waals surface area contributed by atoms with E-state index >= 15 is 0 Å². The summed E-state index contributed by atoms with van der Waals surface area (Å²) in [7, 11) is 1.18. The lowest BCUT2D eigenvalue weighted by atomic mass is 9.57. The molecule has 1 saturated heterocycles. The van der Waals surface area contributed by atoms with Gasteiger partial charge in [-0.2, -0.15) is 13.2 Å². The fourth-order valence-electron chi connectivity index (χ4n) is 3.73. The summed E-state index contributed by atoms with van der Waals surface area (Å²) < 4.78 is 43.1. The van der Waals surface area contributed by atoms with Crippen LogP contribution in [-0.2, 0) is 12.6 Å². The van der Waals surface area contributed by atoms with Crippen LogP contribution in [0, 0.1) is 11.3 Å². The van der Waals surface area contributed by atoms with Gasteiger partial charge >= 0.3 is 12.3 Å². The van der Waals surface area contributed by atoms with Gasteiger partial charge in [-0.05, 0) is 37.3 Å². The third-order valence-corrected chi connectivity index (χ3v) is 4.68. The number of halogens is 3. The van der Waals surface area contributed by atoms with E-state index in [1.165, 1.54) is 18.1 Å². The molecule has 0 unspecified atom stereocenters. The van der Waals surface area contributed by atoms with E-state index < -0.39 is 23.7 Å². The van der Waals surface area contributed by atoms with Crippen LogP contribution in [0.25, 0.3) is 0 Å². The SMILES string of the molecule is COc1nc(CC2CC3(C2)CN(C(=O)O)C3)ccc1C(F)(F)F. The van der Waals surface area contributed by atoms with E-state index in [-0.39, 0.29) is 5.41 Å². The van der Waals surface area contributed by atoms with E-state index in [1.807, 2.05) is 0 Å². The molecule has 5 nitrogen and oxygen atoms in total. The van der Waals surface area contributed by atoms with Gasteiger partial charge in [-0.25, -0.2) is 9.78 Å². The lowest BCUT2D eigenvalue weighted by Crippen LogP contribution is -2.63. The Balaban J connectivity index is 1.59. The molecule has 1 aromatic heterocycles. The molecule has 2 fully saturated rings. The number of carboxylic acid groups (broad SMARTS) is 1. The van der Waals surface area contributed by atoms with E-state index in [4.69, 9.17) is 9.84 Å². The Kier molecular flexibility index (Phi) is 3.65. The van der Waals surface area contributed by atoms with Crippen LogP contribution in [0.15, 0.2) is 12.1 Å². The molecule has 3 rings (SSSR count). The van der Waals surface area contributed by atoms with Crippen molar-refractivity contribution in [3.05, 3.63) is 23.4 Å². The number of aromatic nitrogens is 1. The number of hydrogen-bond donors (Lipinski definition) is 1. The number of amides is 1. The highest BCUT2D eigenvalue weighted by Crippen LogP contribution is 2.52. The standard InChI is InChI=1S/C15H17F3N2O3/c1-23-12-11(15(16,17)18)3-2-10(19-12)4-9-5-14(6-9)7-20(8-14)13(21)22/h2-3,9H,4-8H2,1H3,(H,21,22). The van der Waals surface area contributed by atoms with Gasteiger partial charge in [-0.3, -0.25) is 0 Å². The Morgan fingerprint density at radius 1 is 1.43 bits per heavy atom. The molecule has 0 bridgehead atoms. The third-order valence-electron chi connectivity index (χ3n) is 4.68. The van der Waals surface area contributed by atoms with Crippen LogP contribution in [-0.4, -0.2) is 41.3 Å². The van der Waals surface area contributed by atoms with Gasteiger partial charge in [0.25, 0.3) is 0 Å². The van der Waals surface area contributed by atoms with Gasteiger partial charge in [0.1, 0.15) is 5.56 Å². The maximum Gasteiger partial charge on any atom is 0.421 e. The number of hydrogen-bond acceptors (Lipinski definition) is 3. The van der Waals surface area contributed by atoms with Crippen molar-refractivity contribution in [3.8, 4) is 5.88 Å². The molecule has 1 aliphatic carbocycles. The van der Waals surface area contributed by atoms with Gasteiger partial charge in [-0.1, -0.05) is 0 Å². The summed E-state index contributed by atoms with van der Waals surface area (Å²) in [6.45, 7) is 1.12. The zero-order valence-corrected chi connectivity index (χ0v) is 12.6. The molecule has 2 heterocycles. The highest BCUT2D eigenvalue weighted by Gasteiger charge is 2.53. The summed E-state index contributed by atoms with van der Waals surface area (Å²) in [6, 6.07) is 2.39. The predicted octanol–water partition coefficient (Wildman–Crippen LogP) is 3.04. The molecule has 1 amide bonds. The Morgan fingerprint density at radius 2 is 2.09 bits per heavy atom. The molecule has 126 valence electrons. The lowest BCUT2D eigenvalue weighted by Gasteiger charge is -2.58. The zero-order valence-electron chi connectivity index (χ0n) is 12.6. The highest BCUT2D eigenvalue weighted by molar-refractivity contribution is 5.66. The number of alkyl halides is 3. The van der Waals surface area contributed by atoms with E-state index in [0.29, 0.717) is 31.1 Å². The molecule has 23 heavy (non-hydrogen) atoms. The number of pyridine rings is 1. The van der Waals surface area contributed by atoms with E-state index in [2.05, 4.69) is 4.98 Å². The first kappa shape index (κ1) is 15.9. The van der Waals surface area contributed by atoms with Crippen molar-refractivity contribution in [2.24, 2.45) is 11.3 Å². The first-order valence-corrected chi connectivity index (χ1v) is 7.31. The van der Waals surface area contributed by atoms with Crippen molar-refractivity contribution in [1.82, 2.24) is 9.88 Å². The Bertz CT molecular complexity index is 619. The molecular formula is C15H17F3N2O3. The number of carbonyl (C=O) groups is 1. The quantitative estimate of drug-likeness (QED) is 0.925. The highest BCUT2D eigenvalue weighted by atomic mass is 19.4. The van der Waals surface area contributed by atoms with Crippen molar-refractivity contribution in [3.63, 3.8) is 0 Å². The summed E-state index contributed by atoms with van der Waals surface area (Å²) in [5.74, 6) is -0.0652. The number of methoxy groups -OCH3 is 1. The molecule has 0 aromatic carbocycles. The van der Waals surface area contributed by atoms with Crippen LogP contribution in [0.1, 0.15) is 24.1 Å². The Morgan fingerprint density at radius 3 is 2.61 bits per heavy atom. The van der Waals surface area contributed by atoms with Crippen molar-refractivity contribution >= 4 is 6.09 Å². The maximum absolute atomic E-state index is 12.8. The molecule has 1 saturated carbocycles. The summed E-state index contributed by atoms with van der Waals surface area (Å²) in [6.07, 6.45) is -3.01. The van der Waals surface area contributed by atoms with Gasteiger partial charge in [-0.15, -0.1) is 0 Å². The average Bonchev–Trinajstić information content (AvgIpc) is 2.37. The van der Waals surface area contributed by atoms with Crippen LogP contribution >= 0.6 is 0 Å². The average molecular weight is 330 g/mol. The molecule has 0 atom stereocenters. The molecule has 1 aromatic rings. The van der Waals surface area contributed by atoms with Gasteiger partial charge in [0.15, 0.2) is 0 Å². The topological polar surface area (TPSA) is 62.7 Å². The summed E-state index contributed by atoms with van der Waals surface area (Å²) >= 11 is 0. The molecule has 1 N–H and O–H groups in total. The second-order valence-corrected chi connectivity index (χ2v) is 6.47. The monoisotopic (exact) mass is 330 g/mol. The fourth-order valence-corrected chi connectivity index (χ4v) is 3.73. The number of likely N-dealkylation sites (tertiary alicyclic amines) is 1. The summed E-state index contributed by atoms with van der Waals surface area (Å²) in [5.41, 5.74) is -0.215.